The first-order valence-electron chi connectivity index (χ1n) is 12.7. The van der Waals surface area contributed by atoms with Crippen molar-refractivity contribution >= 4 is 17.7 Å². The van der Waals surface area contributed by atoms with Gasteiger partial charge in [0.05, 0.1) is 19.3 Å². The summed E-state index contributed by atoms with van der Waals surface area (Å²) in [6.45, 7) is 3.35. The molecule has 0 aromatic heterocycles. The molecule has 37 heavy (non-hydrogen) atoms. The van der Waals surface area contributed by atoms with Crippen molar-refractivity contribution in [3.05, 3.63) is 59.7 Å². The topological polar surface area (TPSA) is 88.1 Å². The molecule has 1 fully saturated rings. The highest BCUT2D eigenvalue weighted by atomic mass is 32.2. The number of rotatable bonds is 14. The molecule has 0 amide bonds. The third-order valence-corrected chi connectivity index (χ3v) is 11.3. The van der Waals surface area contributed by atoms with Crippen LogP contribution >= 0.6 is 7.60 Å². The Morgan fingerprint density at radius 1 is 0.946 bits per heavy atom. The van der Waals surface area contributed by atoms with E-state index in [0.29, 0.717) is 31.4 Å². The average molecular weight is 561 g/mol. The fraction of sp³-hybridized carbons (Fsp3) is 0.538. The fourth-order valence-corrected chi connectivity index (χ4v) is 8.92. The molecular weight excluding hydrogens is 525 g/mol. The van der Waals surface area contributed by atoms with Crippen LogP contribution in [0, 0.1) is 11.6 Å². The maximum atomic E-state index is 13.6. The smallest absolute Gasteiger partial charge is 0.351 e. The third kappa shape index (κ3) is 8.58. The van der Waals surface area contributed by atoms with E-state index < -0.39 is 40.4 Å². The minimum Gasteiger partial charge on any atom is -0.457 e. The second-order valence-electron chi connectivity index (χ2n) is 8.90. The van der Waals surface area contributed by atoms with Crippen LogP contribution in [0.1, 0.15) is 64.4 Å². The summed E-state index contributed by atoms with van der Waals surface area (Å²) in [4.78, 5) is -1.44. The highest BCUT2D eigenvalue weighted by molar-refractivity contribution is 7.94. The van der Waals surface area contributed by atoms with Crippen molar-refractivity contribution in [2.75, 3.05) is 13.2 Å². The van der Waals surface area contributed by atoms with Crippen molar-refractivity contribution in [1.29, 1.82) is 0 Å². The number of aryl methyl sites for hydroxylation is 1. The predicted octanol–water partition coefficient (Wildman–Crippen LogP) is 7.35. The summed E-state index contributed by atoms with van der Waals surface area (Å²) < 4.78 is 88.9. The van der Waals surface area contributed by atoms with Crippen molar-refractivity contribution in [3.8, 4) is 11.5 Å². The minimum absolute atomic E-state index is 0.0145. The van der Waals surface area contributed by atoms with Crippen molar-refractivity contribution in [1.82, 2.24) is 0 Å². The van der Waals surface area contributed by atoms with Crippen molar-refractivity contribution in [2.24, 2.45) is 0 Å². The Labute approximate surface area is 218 Å². The summed E-state index contributed by atoms with van der Waals surface area (Å²) in [6, 6.07) is 10.3. The van der Waals surface area contributed by atoms with Gasteiger partial charge in [-0.05, 0) is 75.8 Å². The largest absolute Gasteiger partial charge is 0.457 e. The molecule has 1 aliphatic rings. The molecule has 2 aromatic carbocycles. The molecule has 7 nitrogen and oxygen atoms in total. The molecule has 0 bridgehead atoms. The van der Waals surface area contributed by atoms with Crippen LogP contribution in [-0.2, 0) is 34.3 Å². The highest BCUT2D eigenvalue weighted by Crippen LogP contribution is 2.57. The molecule has 0 radical (unpaired) electrons. The van der Waals surface area contributed by atoms with E-state index in [4.69, 9.17) is 18.0 Å². The highest BCUT2D eigenvalue weighted by Gasteiger charge is 2.46. The lowest BCUT2D eigenvalue weighted by atomic mass is 9.98. The standard InChI is InChI=1S/C26H35F2O7PS/c1-3-32-36(29,33-4-2)26(37(30,31)35-21-12-6-5-7-13-21)15-9-11-20-10-8-14-22(18-20)34-23-16-17-24(27)25(28)19-23/h8,10,14,16-19,21,26H,3-7,9,11-13,15H2,1-2H3. The second-order valence-corrected chi connectivity index (χ2v) is 13.2. The normalized spacial score (nSPS) is 16.0. The Morgan fingerprint density at radius 3 is 2.27 bits per heavy atom. The first-order chi connectivity index (χ1) is 17.7. The van der Waals surface area contributed by atoms with Crippen LogP contribution in [0.4, 0.5) is 8.78 Å². The van der Waals surface area contributed by atoms with E-state index in [1.54, 1.807) is 32.0 Å². The van der Waals surface area contributed by atoms with E-state index in [1.807, 2.05) is 6.07 Å². The zero-order valence-electron chi connectivity index (χ0n) is 21.2. The van der Waals surface area contributed by atoms with Gasteiger partial charge < -0.3 is 13.8 Å². The monoisotopic (exact) mass is 560 g/mol. The lowest BCUT2D eigenvalue weighted by Gasteiger charge is -2.28. The first kappa shape index (κ1) is 29.7. The zero-order valence-corrected chi connectivity index (χ0v) is 22.9. The predicted molar refractivity (Wildman–Crippen MR) is 137 cm³/mol. The van der Waals surface area contributed by atoms with Crippen molar-refractivity contribution in [3.63, 3.8) is 0 Å². The van der Waals surface area contributed by atoms with E-state index in [2.05, 4.69) is 0 Å². The van der Waals surface area contributed by atoms with E-state index >= 15 is 0 Å². The number of hydrogen-bond acceptors (Lipinski definition) is 7. The molecule has 1 aliphatic carbocycles. The van der Waals surface area contributed by atoms with Crippen LogP contribution < -0.4 is 4.74 Å². The molecule has 2 aromatic rings. The lowest BCUT2D eigenvalue weighted by molar-refractivity contribution is 0.158. The van der Waals surface area contributed by atoms with Gasteiger partial charge in [0.1, 0.15) is 11.5 Å². The van der Waals surface area contributed by atoms with Gasteiger partial charge in [0.15, 0.2) is 16.6 Å². The molecular formula is C26H35F2O7PS. The Balaban J connectivity index is 1.72. The molecule has 0 N–H and O–H groups in total. The van der Waals surface area contributed by atoms with Gasteiger partial charge in [0.2, 0.25) is 0 Å². The van der Waals surface area contributed by atoms with Crippen LogP contribution in [0.15, 0.2) is 42.5 Å². The molecule has 1 saturated carbocycles. The quantitative estimate of drug-likeness (QED) is 0.176. The Kier molecular flexibility index (Phi) is 11.1. The molecule has 3 rings (SSSR count). The van der Waals surface area contributed by atoms with Gasteiger partial charge in [-0.3, -0.25) is 8.75 Å². The van der Waals surface area contributed by atoms with E-state index in [1.165, 1.54) is 6.07 Å². The molecule has 206 valence electrons. The van der Waals surface area contributed by atoms with Crippen LogP contribution in [0.5, 0.6) is 11.5 Å². The van der Waals surface area contributed by atoms with Gasteiger partial charge in [-0.15, -0.1) is 0 Å². The van der Waals surface area contributed by atoms with Gasteiger partial charge in [-0.25, -0.2) is 8.78 Å². The SMILES string of the molecule is CCOP(=O)(OCC)C(CCCc1cccc(Oc2ccc(F)c(F)c2)c1)S(=O)(=O)OC1CCCCC1. The molecule has 0 saturated heterocycles. The average Bonchev–Trinajstić information content (AvgIpc) is 2.85. The number of hydrogen-bond donors (Lipinski definition) is 0. The fourth-order valence-electron chi connectivity index (χ4n) is 4.36. The summed E-state index contributed by atoms with van der Waals surface area (Å²) in [6.07, 6.45) is 4.50. The molecule has 11 heteroatoms. The van der Waals surface area contributed by atoms with Crippen LogP contribution in [0.3, 0.4) is 0 Å². The second kappa shape index (κ2) is 13.8. The summed E-state index contributed by atoms with van der Waals surface area (Å²) in [7, 11) is -8.25. The number of halogens is 2. The van der Waals surface area contributed by atoms with Crippen molar-refractivity contribution in [2.45, 2.75) is 76.3 Å². The Bertz CT molecular complexity index is 1160. The van der Waals surface area contributed by atoms with Crippen molar-refractivity contribution < 1.29 is 39.7 Å². The van der Waals surface area contributed by atoms with E-state index in [-0.39, 0.29) is 25.4 Å². The van der Waals surface area contributed by atoms with E-state index in [9.17, 15) is 21.8 Å². The maximum Gasteiger partial charge on any atom is 0.351 e. The van der Waals surface area contributed by atoms with Gasteiger partial charge >= 0.3 is 7.60 Å². The Morgan fingerprint density at radius 2 is 1.62 bits per heavy atom. The molecule has 1 unspecified atom stereocenters. The molecule has 0 aliphatic heterocycles. The zero-order chi connectivity index (χ0) is 26.9. The molecule has 1 atom stereocenters. The first-order valence-corrected chi connectivity index (χ1v) is 15.8. The number of ether oxygens (including phenoxy) is 1. The van der Waals surface area contributed by atoms with E-state index in [0.717, 1.165) is 37.0 Å². The summed E-state index contributed by atoms with van der Waals surface area (Å²) in [5, 5.41) is 0. The summed E-state index contributed by atoms with van der Waals surface area (Å²) in [5.41, 5.74) is 0.826. The van der Waals surface area contributed by atoms with Gasteiger partial charge in [-0.2, -0.15) is 8.42 Å². The lowest BCUT2D eigenvalue weighted by Crippen LogP contribution is -2.31. The minimum atomic E-state index is -4.24. The summed E-state index contributed by atoms with van der Waals surface area (Å²) >= 11 is 0. The third-order valence-electron chi connectivity index (χ3n) is 6.07. The van der Waals surface area contributed by atoms with Gasteiger partial charge in [0, 0.05) is 6.07 Å². The molecule has 0 spiro atoms. The molecule has 0 heterocycles. The van der Waals surface area contributed by atoms with Crippen LogP contribution in [0.2, 0.25) is 0 Å². The van der Waals surface area contributed by atoms with Gasteiger partial charge in [-0.1, -0.05) is 31.4 Å². The van der Waals surface area contributed by atoms with Gasteiger partial charge in [0.25, 0.3) is 10.1 Å². The number of benzene rings is 2. The summed E-state index contributed by atoms with van der Waals surface area (Å²) in [5.74, 6) is -1.40. The maximum absolute atomic E-state index is 13.6. The van der Waals surface area contributed by atoms with Crippen LogP contribution in [0.25, 0.3) is 0 Å². The Hall–Kier alpha value is -1.84. The van der Waals surface area contributed by atoms with Crippen LogP contribution in [-0.4, -0.2) is 32.7 Å².